The van der Waals surface area contributed by atoms with Gasteiger partial charge >= 0.3 is 17.8 Å². The quantitative estimate of drug-likeness (QED) is 0.623. The number of benzene rings is 1. The fraction of sp³-hybridized carbons (Fsp3) is 0.176. The third-order valence-electron chi connectivity index (χ3n) is 3.88. The van der Waals surface area contributed by atoms with Gasteiger partial charge in [0.25, 0.3) is 0 Å². The lowest BCUT2D eigenvalue weighted by Gasteiger charge is -2.15. The van der Waals surface area contributed by atoms with Gasteiger partial charge in [-0.05, 0) is 29.1 Å². The van der Waals surface area contributed by atoms with Crippen LogP contribution in [0.3, 0.4) is 0 Å². The van der Waals surface area contributed by atoms with Gasteiger partial charge in [0.05, 0.1) is 6.54 Å². The van der Waals surface area contributed by atoms with Gasteiger partial charge in [0.2, 0.25) is 5.91 Å². The summed E-state index contributed by atoms with van der Waals surface area (Å²) in [6, 6.07) is 9.40. The van der Waals surface area contributed by atoms with Crippen LogP contribution in [0, 0.1) is 0 Å². The molecule has 7 nitrogen and oxygen atoms in total. The van der Waals surface area contributed by atoms with E-state index in [0.717, 1.165) is 14.7 Å². The molecule has 128 valence electrons. The van der Waals surface area contributed by atoms with Crippen molar-refractivity contribution in [3.8, 4) is 0 Å². The van der Waals surface area contributed by atoms with E-state index in [1.165, 1.54) is 23.5 Å². The number of carbonyl (C=O) groups is 4. The van der Waals surface area contributed by atoms with Crippen LogP contribution in [-0.4, -0.2) is 40.1 Å². The minimum absolute atomic E-state index is 0.0298. The van der Waals surface area contributed by atoms with Crippen molar-refractivity contribution in [3.63, 3.8) is 0 Å². The summed E-state index contributed by atoms with van der Waals surface area (Å²) in [5.41, 5.74) is 6.13. The Kier molecular flexibility index (Phi) is 4.62. The minimum atomic E-state index is -0.838. The molecule has 8 heteroatoms. The number of amides is 5. The van der Waals surface area contributed by atoms with Gasteiger partial charge in [0.15, 0.2) is 0 Å². The van der Waals surface area contributed by atoms with Crippen LogP contribution in [0.2, 0.25) is 0 Å². The molecule has 1 aliphatic rings. The number of rotatable bonds is 6. The van der Waals surface area contributed by atoms with Gasteiger partial charge in [-0.25, -0.2) is 4.79 Å². The van der Waals surface area contributed by atoms with Crippen molar-refractivity contribution in [2.45, 2.75) is 13.0 Å². The van der Waals surface area contributed by atoms with Crippen LogP contribution in [0.5, 0.6) is 0 Å². The fourth-order valence-corrected chi connectivity index (χ4v) is 3.22. The molecular weight excluding hydrogens is 342 g/mol. The first kappa shape index (κ1) is 16.8. The van der Waals surface area contributed by atoms with Crippen LogP contribution in [0.4, 0.5) is 4.79 Å². The molecule has 0 saturated carbocycles. The Morgan fingerprint density at radius 3 is 2.28 bits per heavy atom. The second-order valence-electron chi connectivity index (χ2n) is 5.52. The van der Waals surface area contributed by atoms with Gasteiger partial charge in [-0.2, -0.15) is 0 Å². The zero-order valence-corrected chi connectivity index (χ0v) is 14.0. The maximum atomic E-state index is 12.4. The molecule has 2 heterocycles. The summed E-state index contributed by atoms with van der Waals surface area (Å²) < 4.78 is 0. The number of urea groups is 1. The SMILES string of the molecule is NC(=O)c1ccc(CN2C(=O)C(=O)N(CCc3cccs3)C2=O)cc1. The van der Waals surface area contributed by atoms with Crippen molar-refractivity contribution in [1.82, 2.24) is 9.80 Å². The van der Waals surface area contributed by atoms with Crippen LogP contribution in [0.25, 0.3) is 0 Å². The summed E-state index contributed by atoms with van der Waals surface area (Å²) >= 11 is 1.53. The van der Waals surface area contributed by atoms with Crippen molar-refractivity contribution in [2.75, 3.05) is 6.54 Å². The van der Waals surface area contributed by atoms with E-state index in [1.54, 1.807) is 12.1 Å². The van der Waals surface area contributed by atoms with Crippen LogP contribution >= 0.6 is 11.3 Å². The minimum Gasteiger partial charge on any atom is -0.366 e. The highest BCUT2D eigenvalue weighted by atomic mass is 32.1. The molecule has 0 radical (unpaired) electrons. The van der Waals surface area contributed by atoms with E-state index in [1.807, 2.05) is 17.5 Å². The van der Waals surface area contributed by atoms with Gasteiger partial charge < -0.3 is 5.73 Å². The van der Waals surface area contributed by atoms with E-state index in [-0.39, 0.29) is 13.1 Å². The number of nitrogens with two attached hydrogens (primary N) is 1. The predicted molar refractivity (Wildman–Crippen MR) is 90.6 cm³/mol. The van der Waals surface area contributed by atoms with Crippen molar-refractivity contribution in [1.29, 1.82) is 0 Å². The van der Waals surface area contributed by atoms with Gasteiger partial charge in [0.1, 0.15) is 0 Å². The first-order chi connectivity index (χ1) is 12.0. The van der Waals surface area contributed by atoms with Crippen molar-refractivity contribution < 1.29 is 19.2 Å². The smallest absolute Gasteiger partial charge is 0.334 e. The van der Waals surface area contributed by atoms with Crippen molar-refractivity contribution >= 4 is 35.1 Å². The standard InChI is InChI=1S/C17H15N3O4S/c18-14(21)12-5-3-11(4-6-12)10-20-16(23)15(22)19(17(20)24)8-7-13-2-1-9-25-13/h1-6,9H,7-8,10H2,(H2,18,21). The molecule has 1 aliphatic heterocycles. The Morgan fingerprint density at radius 1 is 1.00 bits per heavy atom. The van der Waals surface area contributed by atoms with E-state index in [0.29, 0.717) is 17.5 Å². The summed E-state index contributed by atoms with van der Waals surface area (Å²) in [6.07, 6.45) is 0.517. The summed E-state index contributed by atoms with van der Waals surface area (Å²) in [5, 5.41) is 1.91. The Morgan fingerprint density at radius 2 is 1.68 bits per heavy atom. The molecule has 1 aromatic carbocycles. The predicted octanol–water partition coefficient (Wildman–Crippen LogP) is 1.38. The summed E-state index contributed by atoms with van der Waals surface area (Å²) in [4.78, 5) is 50.6. The van der Waals surface area contributed by atoms with Gasteiger partial charge in [-0.1, -0.05) is 18.2 Å². The molecule has 0 atom stereocenters. The third kappa shape index (κ3) is 3.43. The van der Waals surface area contributed by atoms with Crippen molar-refractivity contribution in [3.05, 3.63) is 57.8 Å². The number of primary amides is 1. The molecule has 0 spiro atoms. The third-order valence-corrected chi connectivity index (χ3v) is 4.81. The normalized spacial score (nSPS) is 14.5. The summed E-state index contributed by atoms with van der Waals surface area (Å²) in [7, 11) is 0. The zero-order valence-electron chi connectivity index (χ0n) is 13.2. The number of thiophene rings is 1. The highest BCUT2D eigenvalue weighted by Gasteiger charge is 2.43. The van der Waals surface area contributed by atoms with E-state index in [9.17, 15) is 19.2 Å². The van der Waals surface area contributed by atoms with Crippen LogP contribution in [-0.2, 0) is 22.6 Å². The van der Waals surface area contributed by atoms with E-state index < -0.39 is 23.8 Å². The van der Waals surface area contributed by atoms with Gasteiger partial charge in [-0.3, -0.25) is 24.2 Å². The van der Waals surface area contributed by atoms with Crippen LogP contribution in [0.15, 0.2) is 41.8 Å². The second-order valence-corrected chi connectivity index (χ2v) is 6.55. The first-order valence-electron chi connectivity index (χ1n) is 7.56. The number of carbonyl (C=O) groups excluding carboxylic acids is 4. The molecule has 5 amide bonds. The maximum Gasteiger partial charge on any atom is 0.334 e. The Labute approximate surface area is 147 Å². The zero-order chi connectivity index (χ0) is 18.0. The average Bonchev–Trinajstić information content (AvgIpc) is 3.18. The van der Waals surface area contributed by atoms with E-state index >= 15 is 0 Å². The average molecular weight is 357 g/mol. The lowest BCUT2D eigenvalue weighted by molar-refractivity contribution is -0.143. The fourth-order valence-electron chi connectivity index (χ4n) is 2.52. The van der Waals surface area contributed by atoms with E-state index in [2.05, 4.69) is 0 Å². The van der Waals surface area contributed by atoms with Gasteiger partial charge in [0, 0.05) is 23.4 Å². The molecule has 0 unspecified atom stereocenters. The Balaban J connectivity index is 1.69. The Bertz CT molecular complexity index is 830. The number of hydrogen-bond acceptors (Lipinski definition) is 5. The summed E-state index contributed by atoms with van der Waals surface area (Å²) in [5.74, 6) is -2.21. The molecule has 25 heavy (non-hydrogen) atoms. The van der Waals surface area contributed by atoms with Crippen molar-refractivity contribution in [2.24, 2.45) is 5.73 Å². The van der Waals surface area contributed by atoms with Gasteiger partial charge in [-0.15, -0.1) is 11.3 Å². The maximum absolute atomic E-state index is 12.4. The monoisotopic (exact) mass is 357 g/mol. The molecular formula is C17H15N3O4S. The Hall–Kier alpha value is -3.00. The topological polar surface area (TPSA) is 101 Å². The largest absolute Gasteiger partial charge is 0.366 e. The van der Waals surface area contributed by atoms with Crippen LogP contribution < -0.4 is 5.73 Å². The highest BCUT2D eigenvalue weighted by molar-refractivity contribution is 7.09. The summed E-state index contributed by atoms with van der Waals surface area (Å²) in [6.45, 7) is 0.138. The number of imide groups is 2. The molecule has 1 aromatic heterocycles. The molecule has 1 saturated heterocycles. The lowest BCUT2D eigenvalue weighted by Crippen LogP contribution is -2.34. The first-order valence-corrected chi connectivity index (χ1v) is 8.44. The molecule has 2 aromatic rings. The van der Waals surface area contributed by atoms with Crippen LogP contribution in [0.1, 0.15) is 20.8 Å². The molecule has 1 fully saturated rings. The number of nitrogens with zero attached hydrogens (tertiary/aromatic N) is 2. The highest BCUT2D eigenvalue weighted by Crippen LogP contribution is 2.18. The second kappa shape index (κ2) is 6.86. The van der Waals surface area contributed by atoms with E-state index in [4.69, 9.17) is 5.73 Å². The molecule has 3 rings (SSSR count). The molecule has 2 N–H and O–H groups in total. The molecule has 0 aliphatic carbocycles. The number of hydrogen-bond donors (Lipinski definition) is 1. The molecule has 0 bridgehead atoms. The lowest BCUT2D eigenvalue weighted by atomic mass is 10.1.